The molecule has 0 aliphatic heterocycles. The molecule has 0 fully saturated rings. The smallest absolute Gasteiger partial charge is 0.189 e. The van der Waals surface area contributed by atoms with Crippen molar-refractivity contribution in [3.63, 3.8) is 0 Å². The van der Waals surface area contributed by atoms with E-state index in [0.29, 0.717) is 5.39 Å². The van der Waals surface area contributed by atoms with E-state index in [2.05, 4.69) is 11.9 Å². The van der Waals surface area contributed by atoms with Gasteiger partial charge >= 0.3 is 0 Å². The van der Waals surface area contributed by atoms with Crippen LogP contribution in [0.4, 0.5) is 0 Å². The molecule has 0 saturated heterocycles. The van der Waals surface area contributed by atoms with E-state index in [1.54, 1.807) is 6.07 Å². The second kappa shape index (κ2) is 5.25. The van der Waals surface area contributed by atoms with E-state index in [0.717, 1.165) is 29.8 Å². The molecular weight excluding hydrogens is 226 g/mol. The molecule has 1 aromatic heterocycles. The van der Waals surface area contributed by atoms with Gasteiger partial charge < -0.3 is 9.72 Å². The fraction of sp³-hybridized carbons (Fsp3) is 0.400. The Morgan fingerprint density at radius 3 is 2.72 bits per heavy atom. The second-order valence-electron chi connectivity index (χ2n) is 4.78. The van der Waals surface area contributed by atoms with Crippen LogP contribution in [0.25, 0.3) is 10.9 Å². The average molecular weight is 245 g/mol. The standard InChI is InChI=1S/C15H19NO2/c1-4-5-11-8-15(17)13-9-12(18-10(2)3)6-7-14(13)16-11/h6-10H,4-5H2,1-3H3,(H,16,17). The maximum Gasteiger partial charge on any atom is 0.189 e. The van der Waals surface area contributed by atoms with Crippen molar-refractivity contribution in [2.24, 2.45) is 0 Å². The number of aromatic amines is 1. The van der Waals surface area contributed by atoms with Crippen LogP contribution in [-0.4, -0.2) is 11.1 Å². The SMILES string of the molecule is CCCc1cc(=O)c2cc(OC(C)C)ccc2[nH]1. The van der Waals surface area contributed by atoms with Gasteiger partial charge in [0.1, 0.15) is 5.75 Å². The Morgan fingerprint density at radius 2 is 2.06 bits per heavy atom. The van der Waals surface area contributed by atoms with Crippen molar-refractivity contribution >= 4 is 10.9 Å². The molecule has 3 heteroatoms. The molecule has 0 aliphatic rings. The highest BCUT2D eigenvalue weighted by Crippen LogP contribution is 2.18. The number of aromatic nitrogens is 1. The first-order valence-electron chi connectivity index (χ1n) is 6.42. The van der Waals surface area contributed by atoms with Gasteiger partial charge in [-0.2, -0.15) is 0 Å². The van der Waals surface area contributed by atoms with Crippen molar-refractivity contribution in [2.45, 2.75) is 39.7 Å². The summed E-state index contributed by atoms with van der Waals surface area (Å²) in [6, 6.07) is 7.30. The van der Waals surface area contributed by atoms with Gasteiger partial charge in [-0.15, -0.1) is 0 Å². The minimum Gasteiger partial charge on any atom is -0.491 e. The van der Waals surface area contributed by atoms with Crippen molar-refractivity contribution in [3.05, 3.63) is 40.2 Å². The molecule has 1 heterocycles. The molecule has 0 spiro atoms. The van der Waals surface area contributed by atoms with Crippen LogP contribution in [-0.2, 0) is 6.42 Å². The van der Waals surface area contributed by atoms with E-state index in [-0.39, 0.29) is 11.5 Å². The van der Waals surface area contributed by atoms with Gasteiger partial charge in [-0.25, -0.2) is 0 Å². The third-order valence-corrected chi connectivity index (χ3v) is 2.75. The molecule has 2 aromatic rings. The van der Waals surface area contributed by atoms with Crippen LogP contribution in [0.1, 0.15) is 32.9 Å². The maximum absolute atomic E-state index is 12.0. The van der Waals surface area contributed by atoms with Crippen LogP contribution < -0.4 is 10.2 Å². The highest BCUT2D eigenvalue weighted by molar-refractivity contribution is 5.80. The summed E-state index contributed by atoms with van der Waals surface area (Å²) in [4.78, 5) is 15.3. The molecule has 18 heavy (non-hydrogen) atoms. The molecule has 0 saturated carbocycles. The number of aryl methyl sites for hydroxylation is 1. The zero-order valence-electron chi connectivity index (χ0n) is 11.1. The Morgan fingerprint density at radius 1 is 1.28 bits per heavy atom. The van der Waals surface area contributed by atoms with Crippen LogP contribution in [0.2, 0.25) is 0 Å². The Hall–Kier alpha value is -1.77. The van der Waals surface area contributed by atoms with Crippen molar-refractivity contribution in [1.82, 2.24) is 4.98 Å². The number of hydrogen-bond donors (Lipinski definition) is 1. The monoisotopic (exact) mass is 245 g/mol. The van der Waals surface area contributed by atoms with E-state index in [1.165, 1.54) is 0 Å². The summed E-state index contributed by atoms with van der Waals surface area (Å²) in [6.45, 7) is 6.04. The normalized spacial score (nSPS) is 11.1. The molecule has 0 unspecified atom stereocenters. The molecule has 0 atom stereocenters. The highest BCUT2D eigenvalue weighted by atomic mass is 16.5. The molecule has 96 valence electrons. The highest BCUT2D eigenvalue weighted by Gasteiger charge is 2.04. The number of ether oxygens (including phenoxy) is 1. The molecule has 3 nitrogen and oxygen atoms in total. The fourth-order valence-corrected chi connectivity index (χ4v) is 2.03. The Kier molecular flexibility index (Phi) is 3.70. The van der Waals surface area contributed by atoms with Gasteiger partial charge in [-0.3, -0.25) is 4.79 Å². The summed E-state index contributed by atoms with van der Waals surface area (Å²) in [7, 11) is 0. The summed E-state index contributed by atoms with van der Waals surface area (Å²) in [6.07, 6.45) is 2.03. The number of nitrogens with one attached hydrogen (secondary N) is 1. The zero-order chi connectivity index (χ0) is 13.1. The molecule has 1 aromatic carbocycles. The van der Waals surface area contributed by atoms with Gasteiger partial charge in [-0.05, 0) is 38.5 Å². The predicted molar refractivity (Wildman–Crippen MR) is 74.3 cm³/mol. The number of fused-ring (bicyclic) bond motifs is 1. The zero-order valence-corrected chi connectivity index (χ0v) is 11.1. The quantitative estimate of drug-likeness (QED) is 0.898. The first-order valence-corrected chi connectivity index (χ1v) is 6.42. The van der Waals surface area contributed by atoms with E-state index in [1.807, 2.05) is 32.0 Å². The second-order valence-corrected chi connectivity index (χ2v) is 4.78. The third-order valence-electron chi connectivity index (χ3n) is 2.75. The van der Waals surface area contributed by atoms with Crippen LogP contribution >= 0.6 is 0 Å². The summed E-state index contributed by atoms with van der Waals surface area (Å²) in [5.41, 5.74) is 1.93. The maximum atomic E-state index is 12.0. The molecular formula is C15H19NO2. The minimum atomic E-state index is 0.0569. The van der Waals surface area contributed by atoms with Crippen molar-refractivity contribution in [2.75, 3.05) is 0 Å². The van der Waals surface area contributed by atoms with Gasteiger partial charge in [0.05, 0.1) is 6.10 Å². The lowest BCUT2D eigenvalue weighted by molar-refractivity contribution is 0.243. The number of rotatable bonds is 4. The average Bonchev–Trinajstić information content (AvgIpc) is 2.30. The van der Waals surface area contributed by atoms with E-state index < -0.39 is 0 Å². The topological polar surface area (TPSA) is 42.1 Å². The predicted octanol–water partition coefficient (Wildman–Crippen LogP) is 3.27. The largest absolute Gasteiger partial charge is 0.491 e. The number of benzene rings is 1. The fourth-order valence-electron chi connectivity index (χ4n) is 2.03. The van der Waals surface area contributed by atoms with Gasteiger partial charge in [0.25, 0.3) is 0 Å². The summed E-state index contributed by atoms with van der Waals surface area (Å²) in [5.74, 6) is 0.742. The van der Waals surface area contributed by atoms with Crippen LogP contribution in [0.5, 0.6) is 5.75 Å². The Balaban J connectivity index is 2.48. The number of H-pyrrole nitrogens is 1. The van der Waals surface area contributed by atoms with Gasteiger partial charge in [0.2, 0.25) is 0 Å². The van der Waals surface area contributed by atoms with Crippen molar-refractivity contribution < 1.29 is 4.74 Å². The lowest BCUT2D eigenvalue weighted by atomic mass is 10.1. The Bertz CT molecular complexity index is 599. The summed E-state index contributed by atoms with van der Waals surface area (Å²) in [5, 5.41) is 0.688. The van der Waals surface area contributed by atoms with Crippen LogP contribution in [0.15, 0.2) is 29.1 Å². The molecule has 0 bridgehead atoms. The van der Waals surface area contributed by atoms with Crippen LogP contribution in [0.3, 0.4) is 0 Å². The van der Waals surface area contributed by atoms with Gasteiger partial charge in [0.15, 0.2) is 5.43 Å². The number of hydrogen-bond acceptors (Lipinski definition) is 2. The van der Waals surface area contributed by atoms with Crippen molar-refractivity contribution in [3.8, 4) is 5.75 Å². The van der Waals surface area contributed by atoms with Gasteiger partial charge in [-0.1, -0.05) is 13.3 Å². The number of pyridine rings is 1. The minimum absolute atomic E-state index is 0.0569. The molecule has 2 rings (SSSR count). The van der Waals surface area contributed by atoms with Crippen molar-refractivity contribution in [1.29, 1.82) is 0 Å². The first kappa shape index (κ1) is 12.7. The van der Waals surface area contributed by atoms with E-state index in [4.69, 9.17) is 4.74 Å². The van der Waals surface area contributed by atoms with Gasteiger partial charge in [0, 0.05) is 22.7 Å². The molecule has 0 amide bonds. The van der Waals surface area contributed by atoms with Crippen LogP contribution in [0, 0.1) is 0 Å². The lowest BCUT2D eigenvalue weighted by Crippen LogP contribution is -2.08. The first-order chi connectivity index (χ1) is 8.60. The lowest BCUT2D eigenvalue weighted by Gasteiger charge is -2.10. The van der Waals surface area contributed by atoms with E-state index >= 15 is 0 Å². The van der Waals surface area contributed by atoms with E-state index in [9.17, 15) is 4.79 Å². The molecule has 0 aliphatic carbocycles. The summed E-state index contributed by atoms with van der Waals surface area (Å²) < 4.78 is 5.60. The Labute approximate surface area is 107 Å². The molecule has 0 radical (unpaired) electrons. The third kappa shape index (κ3) is 2.73. The summed E-state index contributed by atoms with van der Waals surface area (Å²) >= 11 is 0. The molecule has 1 N–H and O–H groups in total.